The zero-order chi connectivity index (χ0) is 21.4. The molecule has 3 heterocycles. The van der Waals surface area contributed by atoms with E-state index in [0.717, 1.165) is 11.3 Å². The first-order valence-corrected chi connectivity index (χ1v) is 9.47. The summed E-state index contributed by atoms with van der Waals surface area (Å²) >= 11 is 0. The largest absolute Gasteiger partial charge is 0.372 e. The van der Waals surface area contributed by atoms with Gasteiger partial charge in [0.05, 0.1) is 18.1 Å². The van der Waals surface area contributed by atoms with Crippen molar-refractivity contribution in [2.45, 2.75) is 25.5 Å². The van der Waals surface area contributed by atoms with Crippen LogP contribution in [0.15, 0.2) is 48.8 Å². The van der Waals surface area contributed by atoms with Gasteiger partial charge in [0.2, 0.25) is 6.35 Å². The van der Waals surface area contributed by atoms with Crippen LogP contribution in [0.5, 0.6) is 0 Å². The van der Waals surface area contributed by atoms with Gasteiger partial charge in [0, 0.05) is 19.7 Å². The van der Waals surface area contributed by atoms with E-state index in [0.29, 0.717) is 17.3 Å². The highest BCUT2D eigenvalue weighted by Crippen LogP contribution is 2.30. The Labute approximate surface area is 173 Å². The predicted molar refractivity (Wildman–Crippen MR) is 111 cm³/mol. The Bertz CT molecular complexity index is 1040. The molecular weight excluding hydrogens is 386 g/mol. The third kappa shape index (κ3) is 3.36. The number of imidazole rings is 1. The Balaban J connectivity index is 1.52. The van der Waals surface area contributed by atoms with Gasteiger partial charge in [-0.2, -0.15) is 0 Å². The van der Waals surface area contributed by atoms with Crippen molar-refractivity contribution in [2.75, 3.05) is 24.3 Å². The van der Waals surface area contributed by atoms with Crippen molar-refractivity contribution < 1.29 is 15.0 Å². The number of hydrogen-bond acceptors (Lipinski definition) is 8. The van der Waals surface area contributed by atoms with E-state index in [-0.39, 0.29) is 5.91 Å². The van der Waals surface area contributed by atoms with E-state index >= 15 is 0 Å². The first-order valence-electron chi connectivity index (χ1n) is 9.47. The van der Waals surface area contributed by atoms with E-state index in [1.807, 2.05) is 36.4 Å². The minimum atomic E-state index is -1.09. The molecule has 3 atom stereocenters. The molecule has 156 valence electrons. The maximum atomic E-state index is 12.7. The molecule has 1 aliphatic rings. The minimum absolute atomic E-state index is 0.296. The van der Waals surface area contributed by atoms with Gasteiger partial charge < -0.3 is 25.0 Å². The summed E-state index contributed by atoms with van der Waals surface area (Å²) < 4.78 is 1.58. The van der Waals surface area contributed by atoms with Crippen LogP contribution in [0.3, 0.4) is 0 Å². The molecule has 2 aromatic heterocycles. The van der Waals surface area contributed by atoms with Crippen LogP contribution in [-0.4, -0.2) is 67.4 Å². The molecule has 0 bridgehead atoms. The molecular formula is C20H23N7O3. The number of aromatic nitrogens is 4. The molecule has 0 saturated carbocycles. The number of aliphatic hydroxyl groups excluding tert-OH is 2. The Morgan fingerprint density at radius 3 is 2.47 bits per heavy atom. The van der Waals surface area contributed by atoms with Gasteiger partial charge in [0.15, 0.2) is 17.3 Å². The standard InChI is InChI=1S/C20H23N7O3/c1-12(27-11-21-17-16(27)19(29)26(3)20(30)25(17)2)18(28)22-15-10-9-14(23-24-15)13-7-5-4-6-8-13/h4-12,18,20,28,30H,1-3H3,(H,22,24)/t12-,18?,20?/m0/s1. The SMILES string of the molecule is C[C@@H](C(O)Nc1ccc(-c2ccccc2)nn1)n1cnc2c1C(=O)N(C)C(O)N2C. The number of aliphatic hydroxyl groups is 2. The second kappa shape index (κ2) is 7.73. The monoisotopic (exact) mass is 409 g/mol. The fourth-order valence-corrected chi connectivity index (χ4v) is 3.36. The minimum Gasteiger partial charge on any atom is -0.372 e. The summed E-state index contributed by atoms with van der Waals surface area (Å²) in [6.07, 6.45) is -0.675. The van der Waals surface area contributed by atoms with E-state index in [9.17, 15) is 15.0 Å². The van der Waals surface area contributed by atoms with Crippen LogP contribution in [0.4, 0.5) is 11.6 Å². The Hall–Kier alpha value is -3.50. The molecule has 2 unspecified atom stereocenters. The van der Waals surface area contributed by atoms with Gasteiger partial charge >= 0.3 is 0 Å². The number of nitrogens with one attached hydrogen (secondary N) is 1. The summed E-state index contributed by atoms with van der Waals surface area (Å²) in [5.74, 6) is 0.384. The smallest absolute Gasteiger partial charge is 0.277 e. The number of nitrogens with zero attached hydrogens (tertiary/aromatic N) is 6. The van der Waals surface area contributed by atoms with Crippen LogP contribution in [0.25, 0.3) is 11.3 Å². The van der Waals surface area contributed by atoms with Gasteiger partial charge in [0.1, 0.15) is 6.23 Å². The lowest BCUT2D eigenvalue weighted by Gasteiger charge is -2.37. The number of anilines is 2. The number of benzene rings is 1. The first kappa shape index (κ1) is 19.8. The van der Waals surface area contributed by atoms with E-state index in [4.69, 9.17) is 0 Å². The van der Waals surface area contributed by atoms with Gasteiger partial charge in [-0.25, -0.2) is 4.98 Å². The first-order chi connectivity index (χ1) is 14.4. The molecule has 10 heteroatoms. The van der Waals surface area contributed by atoms with E-state index in [1.165, 1.54) is 23.2 Å². The number of fused-ring (bicyclic) bond motifs is 1. The van der Waals surface area contributed by atoms with Crippen molar-refractivity contribution in [3.8, 4) is 11.3 Å². The Morgan fingerprint density at radius 1 is 1.07 bits per heavy atom. The summed E-state index contributed by atoms with van der Waals surface area (Å²) in [6, 6.07) is 12.7. The van der Waals surface area contributed by atoms with Crippen LogP contribution in [0.1, 0.15) is 23.5 Å². The van der Waals surface area contributed by atoms with Crippen LogP contribution >= 0.6 is 0 Å². The fourth-order valence-electron chi connectivity index (χ4n) is 3.36. The zero-order valence-corrected chi connectivity index (χ0v) is 16.8. The second-order valence-corrected chi connectivity index (χ2v) is 7.20. The number of hydrogen-bond donors (Lipinski definition) is 3. The Morgan fingerprint density at radius 2 is 1.80 bits per heavy atom. The molecule has 0 saturated heterocycles. The van der Waals surface area contributed by atoms with Crippen LogP contribution in [0.2, 0.25) is 0 Å². The molecule has 1 amide bonds. The van der Waals surface area contributed by atoms with Crippen LogP contribution < -0.4 is 10.2 Å². The van der Waals surface area contributed by atoms with Crippen LogP contribution in [0, 0.1) is 0 Å². The average molecular weight is 409 g/mol. The molecule has 3 N–H and O–H groups in total. The van der Waals surface area contributed by atoms with E-state index < -0.39 is 18.6 Å². The molecule has 0 spiro atoms. The second-order valence-electron chi connectivity index (χ2n) is 7.20. The van der Waals surface area contributed by atoms with Gasteiger partial charge in [-0.1, -0.05) is 30.3 Å². The maximum Gasteiger partial charge on any atom is 0.277 e. The lowest BCUT2D eigenvalue weighted by molar-refractivity contribution is 0.0147. The topological polar surface area (TPSA) is 120 Å². The molecule has 4 rings (SSSR count). The van der Waals surface area contributed by atoms with Gasteiger partial charge in [0.25, 0.3) is 5.91 Å². The Kier molecular flexibility index (Phi) is 5.10. The number of carbonyl (C=O) groups is 1. The number of rotatable bonds is 5. The third-order valence-electron chi connectivity index (χ3n) is 5.25. The highest BCUT2D eigenvalue weighted by atomic mass is 16.3. The molecule has 0 fully saturated rings. The number of amides is 1. The van der Waals surface area contributed by atoms with Crippen LogP contribution in [-0.2, 0) is 0 Å². The fraction of sp³-hybridized carbons (Fsp3) is 0.300. The quantitative estimate of drug-likeness (QED) is 0.537. The van der Waals surface area contributed by atoms with Gasteiger partial charge in [-0.3, -0.25) is 9.69 Å². The van der Waals surface area contributed by atoms with Crippen molar-refractivity contribution in [1.29, 1.82) is 0 Å². The van der Waals surface area contributed by atoms with Gasteiger partial charge in [-0.15, -0.1) is 10.2 Å². The highest BCUT2D eigenvalue weighted by Gasteiger charge is 2.37. The number of carbonyl (C=O) groups excluding carboxylic acids is 1. The van der Waals surface area contributed by atoms with Crippen molar-refractivity contribution in [1.82, 2.24) is 24.6 Å². The van der Waals surface area contributed by atoms with Crippen molar-refractivity contribution >= 4 is 17.5 Å². The molecule has 1 aromatic carbocycles. The zero-order valence-electron chi connectivity index (χ0n) is 16.8. The third-order valence-corrected chi connectivity index (χ3v) is 5.25. The maximum absolute atomic E-state index is 12.7. The lowest BCUT2D eigenvalue weighted by atomic mass is 10.1. The summed E-state index contributed by atoms with van der Waals surface area (Å²) in [5.41, 5.74) is 1.97. The van der Waals surface area contributed by atoms with E-state index in [2.05, 4.69) is 20.5 Å². The summed E-state index contributed by atoms with van der Waals surface area (Å²) in [6.45, 7) is 1.75. The molecule has 1 aliphatic heterocycles. The normalized spacial score (nSPS) is 18.2. The molecule has 0 aliphatic carbocycles. The summed E-state index contributed by atoms with van der Waals surface area (Å²) in [5, 5.41) is 32.0. The molecule has 10 nitrogen and oxygen atoms in total. The predicted octanol–water partition coefficient (Wildman–Crippen LogP) is 1.13. The highest BCUT2D eigenvalue weighted by molar-refractivity contribution is 5.99. The molecule has 30 heavy (non-hydrogen) atoms. The van der Waals surface area contributed by atoms with Crippen molar-refractivity contribution in [3.05, 3.63) is 54.5 Å². The van der Waals surface area contributed by atoms with Crippen molar-refractivity contribution in [3.63, 3.8) is 0 Å². The molecule has 0 radical (unpaired) electrons. The average Bonchev–Trinajstić information content (AvgIpc) is 3.22. The summed E-state index contributed by atoms with van der Waals surface area (Å²) in [7, 11) is 3.15. The van der Waals surface area contributed by atoms with Gasteiger partial charge in [-0.05, 0) is 19.1 Å². The lowest BCUT2D eigenvalue weighted by Crippen LogP contribution is -2.52. The molecule has 3 aromatic rings. The van der Waals surface area contributed by atoms with E-state index in [1.54, 1.807) is 24.6 Å². The van der Waals surface area contributed by atoms with Crippen molar-refractivity contribution in [2.24, 2.45) is 0 Å². The summed E-state index contributed by atoms with van der Waals surface area (Å²) in [4.78, 5) is 19.6.